The molecule has 4 heteroatoms. The van der Waals surface area contributed by atoms with Crippen LogP contribution in [0.4, 0.5) is 0 Å². The Bertz CT molecular complexity index is 910. The molecule has 0 radical (unpaired) electrons. The van der Waals surface area contributed by atoms with Gasteiger partial charge in [0.25, 0.3) is 0 Å². The van der Waals surface area contributed by atoms with E-state index in [0.29, 0.717) is 0 Å². The number of hydrogen-bond acceptors (Lipinski definition) is 2. The maximum atomic E-state index is 6.79. The van der Waals surface area contributed by atoms with Gasteiger partial charge in [0.15, 0.2) is 0 Å². The van der Waals surface area contributed by atoms with Crippen molar-refractivity contribution in [2.24, 2.45) is 0 Å². The lowest BCUT2D eigenvalue weighted by Crippen LogP contribution is -1.92. The number of thiophene rings is 2. The van der Waals surface area contributed by atoms with Crippen molar-refractivity contribution >= 4 is 70.4 Å². The highest BCUT2D eigenvalue weighted by molar-refractivity contribution is 9.10. The molecule has 2 aromatic heterocycles. The first kappa shape index (κ1) is 13.8. The monoisotopic (exact) mass is 392 g/mol. The second-order valence-electron chi connectivity index (χ2n) is 4.84. The first-order valence-electron chi connectivity index (χ1n) is 6.52. The topological polar surface area (TPSA) is 0 Å². The summed E-state index contributed by atoms with van der Waals surface area (Å²) in [6.45, 7) is 0. The van der Waals surface area contributed by atoms with Crippen molar-refractivity contribution in [1.82, 2.24) is 0 Å². The van der Waals surface area contributed by atoms with Crippen LogP contribution in [-0.4, -0.2) is 0 Å². The molecule has 0 bridgehead atoms. The lowest BCUT2D eigenvalue weighted by atomic mass is 10.0. The van der Waals surface area contributed by atoms with Crippen LogP contribution in [0.1, 0.15) is 15.8 Å². The van der Waals surface area contributed by atoms with Gasteiger partial charge in [-0.2, -0.15) is 0 Å². The Morgan fingerprint density at radius 3 is 2.57 bits per heavy atom. The van der Waals surface area contributed by atoms with Gasteiger partial charge in [0.1, 0.15) is 0 Å². The van der Waals surface area contributed by atoms with E-state index < -0.39 is 0 Å². The maximum Gasteiger partial charge on any atom is 0.0934 e. The third-order valence-corrected chi connectivity index (χ3v) is 7.04. The van der Waals surface area contributed by atoms with Crippen molar-refractivity contribution in [2.75, 3.05) is 0 Å². The van der Waals surface area contributed by atoms with Crippen LogP contribution in [0, 0.1) is 0 Å². The van der Waals surface area contributed by atoms with Crippen LogP contribution in [0.25, 0.3) is 20.2 Å². The van der Waals surface area contributed by atoms with E-state index >= 15 is 0 Å². The van der Waals surface area contributed by atoms with E-state index in [2.05, 4.69) is 69.8 Å². The fourth-order valence-electron chi connectivity index (χ4n) is 2.57. The summed E-state index contributed by atoms with van der Waals surface area (Å²) in [6.07, 6.45) is 0. The summed E-state index contributed by atoms with van der Waals surface area (Å²) < 4.78 is 3.75. The Morgan fingerprint density at radius 2 is 1.76 bits per heavy atom. The predicted molar refractivity (Wildman–Crippen MR) is 99.0 cm³/mol. The molecule has 0 fully saturated rings. The van der Waals surface area contributed by atoms with Crippen molar-refractivity contribution in [3.05, 3.63) is 68.8 Å². The Hall–Kier alpha value is -0.870. The van der Waals surface area contributed by atoms with Gasteiger partial charge in [-0.05, 0) is 39.9 Å². The van der Waals surface area contributed by atoms with Gasteiger partial charge < -0.3 is 0 Å². The summed E-state index contributed by atoms with van der Waals surface area (Å²) in [5.41, 5.74) is 1.17. The molecule has 2 heterocycles. The molecule has 4 aromatic rings. The molecule has 0 saturated heterocycles. The van der Waals surface area contributed by atoms with E-state index in [-0.39, 0.29) is 5.38 Å². The summed E-state index contributed by atoms with van der Waals surface area (Å²) >= 11 is 14.0. The van der Waals surface area contributed by atoms with Gasteiger partial charge in [-0.15, -0.1) is 34.3 Å². The average Bonchev–Trinajstić information content (AvgIpc) is 3.08. The van der Waals surface area contributed by atoms with Crippen molar-refractivity contribution in [1.29, 1.82) is 0 Å². The first-order valence-corrected chi connectivity index (χ1v) is 9.45. The van der Waals surface area contributed by atoms with Crippen LogP contribution in [0.3, 0.4) is 0 Å². The van der Waals surface area contributed by atoms with Gasteiger partial charge in [0.2, 0.25) is 0 Å². The fraction of sp³-hybridized carbons (Fsp3) is 0.0588. The summed E-state index contributed by atoms with van der Waals surface area (Å²) in [5, 5.41) is 4.44. The minimum Gasteiger partial charge on any atom is -0.143 e. The fourth-order valence-corrected chi connectivity index (χ4v) is 5.55. The highest BCUT2D eigenvalue weighted by atomic mass is 79.9. The van der Waals surface area contributed by atoms with Gasteiger partial charge in [-0.25, -0.2) is 0 Å². The Morgan fingerprint density at radius 1 is 0.952 bits per heavy atom. The molecule has 0 N–H and O–H groups in total. The van der Waals surface area contributed by atoms with E-state index in [9.17, 15) is 0 Å². The number of rotatable bonds is 2. The van der Waals surface area contributed by atoms with Crippen molar-refractivity contribution in [3.63, 3.8) is 0 Å². The summed E-state index contributed by atoms with van der Waals surface area (Å²) in [5.74, 6) is 0. The van der Waals surface area contributed by atoms with E-state index in [1.807, 2.05) is 0 Å². The number of halogens is 2. The molecule has 104 valence electrons. The van der Waals surface area contributed by atoms with Crippen LogP contribution in [0.15, 0.2) is 58.4 Å². The van der Waals surface area contributed by atoms with Crippen LogP contribution in [-0.2, 0) is 0 Å². The maximum absolute atomic E-state index is 6.79. The molecule has 0 saturated carbocycles. The highest BCUT2D eigenvalue weighted by Gasteiger charge is 2.17. The molecule has 0 aliphatic carbocycles. The van der Waals surface area contributed by atoms with Gasteiger partial charge in [-0.1, -0.05) is 46.3 Å². The normalized spacial score (nSPS) is 13.0. The molecule has 21 heavy (non-hydrogen) atoms. The van der Waals surface area contributed by atoms with E-state index in [0.717, 1.165) is 4.47 Å². The van der Waals surface area contributed by atoms with E-state index in [1.165, 1.54) is 30.6 Å². The third-order valence-electron chi connectivity index (χ3n) is 3.59. The smallest absolute Gasteiger partial charge is 0.0934 e. The van der Waals surface area contributed by atoms with Gasteiger partial charge in [0.05, 0.1) is 5.38 Å². The predicted octanol–water partition coefficient (Wildman–Crippen LogP) is 7.21. The molecule has 0 aliphatic rings. The van der Waals surface area contributed by atoms with Crippen LogP contribution < -0.4 is 0 Å². The van der Waals surface area contributed by atoms with Gasteiger partial charge in [-0.3, -0.25) is 0 Å². The molecule has 0 nitrogen and oxygen atoms in total. The molecular weight excluding hydrogens is 384 g/mol. The Balaban J connectivity index is 1.89. The number of hydrogen-bond donors (Lipinski definition) is 0. The summed E-state index contributed by atoms with van der Waals surface area (Å²) in [6, 6.07) is 17.0. The molecule has 0 spiro atoms. The third kappa shape index (κ3) is 2.33. The number of alkyl halides is 1. The van der Waals surface area contributed by atoms with E-state index in [1.54, 1.807) is 22.7 Å². The van der Waals surface area contributed by atoms with Crippen molar-refractivity contribution in [2.45, 2.75) is 5.38 Å². The number of fused-ring (bicyclic) bond motifs is 2. The Labute approximate surface area is 144 Å². The average molecular weight is 394 g/mol. The van der Waals surface area contributed by atoms with Crippen LogP contribution in [0.2, 0.25) is 0 Å². The summed E-state index contributed by atoms with van der Waals surface area (Å²) in [7, 11) is 0. The molecule has 0 amide bonds. The second kappa shape index (κ2) is 5.40. The van der Waals surface area contributed by atoms with Crippen molar-refractivity contribution < 1.29 is 0 Å². The van der Waals surface area contributed by atoms with Gasteiger partial charge >= 0.3 is 0 Å². The number of benzene rings is 2. The molecular formula is C17H10BrClS2. The lowest BCUT2D eigenvalue weighted by molar-refractivity contribution is 1.21. The molecule has 1 atom stereocenters. The quantitative estimate of drug-likeness (QED) is 0.316. The first-order chi connectivity index (χ1) is 10.2. The minimum absolute atomic E-state index is 0.104. The zero-order chi connectivity index (χ0) is 14.4. The molecule has 2 aromatic carbocycles. The van der Waals surface area contributed by atoms with Crippen LogP contribution in [0.5, 0.6) is 0 Å². The SMILES string of the molecule is ClC(c1cc2sccc2s1)c1ccc(Br)c2ccccc12. The lowest BCUT2D eigenvalue weighted by Gasteiger charge is -2.12. The standard InChI is InChI=1S/C17H10BrClS2/c18-13-6-5-12(10-3-1-2-4-11(10)13)17(19)16-9-15-14(21-16)7-8-20-15/h1-9,17H. The second-order valence-corrected chi connectivity index (χ2v) is 8.20. The highest BCUT2D eigenvalue weighted by Crippen LogP contribution is 2.41. The summed E-state index contributed by atoms with van der Waals surface area (Å²) in [4.78, 5) is 1.21. The largest absolute Gasteiger partial charge is 0.143 e. The Kier molecular flexibility index (Phi) is 3.54. The zero-order valence-electron chi connectivity index (χ0n) is 10.8. The zero-order valence-corrected chi connectivity index (χ0v) is 14.8. The molecule has 1 unspecified atom stereocenters. The van der Waals surface area contributed by atoms with E-state index in [4.69, 9.17) is 11.6 Å². The van der Waals surface area contributed by atoms with Crippen molar-refractivity contribution in [3.8, 4) is 0 Å². The minimum atomic E-state index is -0.104. The van der Waals surface area contributed by atoms with Gasteiger partial charge in [0, 0.05) is 18.7 Å². The molecule has 4 rings (SSSR count). The van der Waals surface area contributed by atoms with Crippen LogP contribution >= 0.6 is 50.2 Å². The molecule has 0 aliphatic heterocycles.